The Kier molecular flexibility index (Phi) is 7.49. The fourth-order valence-electron chi connectivity index (χ4n) is 2.86. The van der Waals surface area contributed by atoms with Gasteiger partial charge in [0.2, 0.25) is 0 Å². The topological polar surface area (TPSA) is 63.5 Å². The van der Waals surface area contributed by atoms with Gasteiger partial charge in [0.15, 0.2) is 5.96 Å². The van der Waals surface area contributed by atoms with Crippen LogP contribution in [0.5, 0.6) is 5.75 Å². The second-order valence-electron chi connectivity index (χ2n) is 8.49. The summed E-state index contributed by atoms with van der Waals surface area (Å²) in [6, 6.07) is 6.29. The lowest BCUT2D eigenvalue weighted by atomic mass is 10.1. The third kappa shape index (κ3) is 6.91. The molecule has 0 saturated carbocycles. The van der Waals surface area contributed by atoms with Crippen LogP contribution in [0.15, 0.2) is 35.6 Å². The summed E-state index contributed by atoms with van der Waals surface area (Å²) in [5, 5.41) is 6.73. The predicted octanol–water partition coefficient (Wildman–Crippen LogP) is 3.89. The zero-order valence-corrected chi connectivity index (χ0v) is 18.3. The quantitative estimate of drug-likeness (QED) is 0.561. The molecule has 1 heterocycles. The van der Waals surface area contributed by atoms with Crippen molar-refractivity contribution in [3.63, 3.8) is 0 Å². The van der Waals surface area contributed by atoms with E-state index in [1.165, 1.54) is 5.56 Å². The summed E-state index contributed by atoms with van der Waals surface area (Å²) in [7, 11) is 1.78. The highest BCUT2D eigenvalue weighted by Crippen LogP contribution is 2.24. The Morgan fingerprint density at radius 3 is 2.57 bits per heavy atom. The zero-order valence-electron chi connectivity index (χ0n) is 18.3. The molecule has 0 aliphatic heterocycles. The molecule has 0 aliphatic rings. The van der Waals surface area contributed by atoms with Gasteiger partial charge in [0, 0.05) is 38.1 Å². The van der Waals surface area contributed by atoms with Crippen LogP contribution < -0.4 is 15.4 Å². The summed E-state index contributed by atoms with van der Waals surface area (Å²) < 4.78 is 8.32. The number of rotatable bonds is 7. The van der Waals surface area contributed by atoms with E-state index in [0.717, 1.165) is 29.6 Å². The van der Waals surface area contributed by atoms with Crippen LogP contribution in [0.4, 0.5) is 0 Å². The van der Waals surface area contributed by atoms with E-state index >= 15 is 0 Å². The maximum Gasteiger partial charge on any atom is 0.191 e. The largest absolute Gasteiger partial charge is 0.488 e. The summed E-state index contributed by atoms with van der Waals surface area (Å²) >= 11 is 0. The highest BCUT2D eigenvalue weighted by Gasteiger charge is 2.15. The number of benzene rings is 1. The Morgan fingerprint density at radius 1 is 1.21 bits per heavy atom. The summed E-state index contributed by atoms with van der Waals surface area (Å²) in [4.78, 5) is 8.79. The normalized spacial score (nSPS) is 12.4. The number of aryl methyl sites for hydroxylation is 1. The van der Waals surface area contributed by atoms with Crippen LogP contribution in [0.3, 0.4) is 0 Å². The molecule has 154 valence electrons. The number of aromatic nitrogens is 2. The number of nitrogens with one attached hydrogen (secondary N) is 2. The number of hydrogen-bond donors (Lipinski definition) is 2. The summed E-state index contributed by atoms with van der Waals surface area (Å²) in [6.07, 6.45) is 3.87. The molecule has 0 radical (unpaired) electrons. The average molecular weight is 386 g/mol. The Hall–Kier alpha value is -2.50. The maximum atomic E-state index is 6.14. The second-order valence-corrected chi connectivity index (χ2v) is 8.49. The molecule has 0 atom stereocenters. The highest BCUT2D eigenvalue weighted by atomic mass is 16.5. The van der Waals surface area contributed by atoms with E-state index < -0.39 is 0 Å². The molecule has 1 aromatic heterocycles. The van der Waals surface area contributed by atoms with Crippen molar-refractivity contribution in [3.8, 4) is 5.75 Å². The number of guanidine groups is 1. The van der Waals surface area contributed by atoms with Crippen molar-refractivity contribution in [2.45, 2.75) is 66.8 Å². The Bertz CT molecular complexity index is 786. The highest BCUT2D eigenvalue weighted by molar-refractivity contribution is 5.79. The molecule has 6 nitrogen and oxygen atoms in total. The van der Waals surface area contributed by atoms with Crippen molar-refractivity contribution in [1.29, 1.82) is 0 Å². The molecule has 0 unspecified atom stereocenters. The molecule has 0 saturated heterocycles. The van der Waals surface area contributed by atoms with E-state index in [-0.39, 0.29) is 5.60 Å². The third-order valence-electron chi connectivity index (χ3n) is 4.09. The SMILES string of the molecule is CN=C(NCc1ccc(C)cc1OC(C)(C)C)NCc1nccn1CC(C)C. The Balaban J connectivity index is 1.99. The molecular formula is C22H35N5O. The molecule has 2 rings (SSSR count). The fraction of sp³-hybridized carbons (Fsp3) is 0.545. The smallest absolute Gasteiger partial charge is 0.191 e. The van der Waals surface area contributed by atoms with E-state index in [2.05, 4.69) is 84.9 Å². The molecule has 1 aromatic carbocycles. The lowest BCUT2D eigenvalue weighted by Gasteiger charge is -2.24. The minimum atomic E-state index is -0.240. The van der Waals surface area contributed by atoms with Gasteiger partial charge in [0.1, 0.15) is 17.2 Å². The van der Waals surface area contributed by atoms with Crippen molar-refractivity contribution in [2.75, 3.05) is 7.05 Å². The molecule has 28 heavy (non-hydrogen) atoms. The lowest BCUT2D eigenvalue weighted by molar-refractivity contribution is 0.129. The zero-order chi connectivity index (χ0) is 20.7. The molecule has 6 heteroatoms. The predicted molar refractivity (Wildman–Crippen MR) is 116 cm³/mol. The van der Waals surface area contributed by atoms with E-state index in [9.17, 15) is 0 Å². The molecule has 0 bridgehead atoms. The van der Waals surface area contributed by atoms with Gasteiger partial charge in [-0.15, -0.1) is 0 Å². The number of imidazole rings is 1. The summed E-state index contributed by atoms with van der Waals surface area (Å²) in [5.41, 5.74) is 2.04. The van der Waals surface area contributed by atoms with E-state index in [0.29, 0.717) is 19.0 Å². The van der Waals surface area contributed by atoms with E-state index in [4.69, 9.17) is 4.74 Å². The van der Waals surface area contributed by atoms with Gasteiger partial charge in [-0.1, -0.05) is 26.0 Å². The van der Waals surface area contributed by atoms with E-state index in [1.54, 1.807) is 7.05 Å². The minimum Gasteiger partial charge on any atom is -0.488 e. The first-order valence-corrected chi connectivity index (χ1v) is 9.91. The van der Waals surface area contributed by atoms with Crippen LogP contribution in [0.25, 0.3) is 0 Å². The standard InChI is InChI=1S/C22H35N5O/c1-16(2)15-27-11-10-24-20(27)14-26-21(23-7)25-13-18-9-8-17(3)12-19(18)28-22(4,5)6/h8-12,16H,13-15H2,1-7H3,(H2,23,25,26). The van der Waals surface area contributed by atoms with Gasteiger partial charge in [-0.25, -0.2) is 4.98 Å². The van der Waals surface area contributed by atoms with Gasteiger partial charge in [-0.3, -0.25) is 4.99 Å². The average Bonchev–Trinajstić information content (AvgIpc) is 3.01. The third-order valence-corrected chi connectivity index (χ3v) is 4.09. The van der Waals surface area contributed by atoms with Crippen LogP contribution in [0.2, 0.25) is 0 Å². The molecule has 0 spiro atoms. The number of aliphatic imine (C=N–C) groups is 1. The maximum absolute atomic E-state index is 6.14. The second kappa shape index (κ2) is 9.62. The molecule has 0 aliphatic carbocycles. The molecule has 2 aromatic rings. The van der Waals surface area contributed by atoms with Crippen molar-refractivity contribution < 1.29 is 4.74 Å². The van der Waals surface area contributed by atoms with Crippen LogP contribution >= 0.6 is 0 Å². The first-order chi connectivity index (χ1) is 13.2. The first-order valence-electron chi connectivity index (χ1n) is 9.91. The van der Waals surface area contributed by atoms with Crippen LogP contribution in [0, 0.1) is 12.8 Å². The summed E-state index contributed by atoms with van der Waals surface area (Å²) in [5.74, 6) is 3.22. The van der Waals surface area contributed by atoms with Gasteiger partial charge in [0.05, 0.1) is 6.54 Å². The number of hydrogen-bond acceptors (Lipinski definition) is 3. The fourth-order valence-corrected chi connectivity index (χ4v) is 2.86. The number of nitrogens with zero attached hydrogens (tertiary/aromatic N) is 3. The van der Waals surface area contributed by atoms with Crippen molar-refractivity contribution in [3.05, 3.63) is 47.5 Å². The van der Waals surface area contributed by atoms with Crippen LogP contribution in [0.1, 0.15) is 51.6 Å². The van der Waals surface area contributed by atoms with Crippen LogP contribution in [-0.2, 0) is 19.6 Å². The van der Waals surface area contributed by atoms with Gasteiger partial charge >= 0.3 is 0 Å². The molecule has 0 amide bonds. The van der Waals surface area contributed by atoms with Gasteiger partial charge in [-0.2, -0.15) is 0 Å². The lowest BCUT2D eigenvalue weighted by Crippen LogP contribution is -2.37. The minimum absolute atomic E-state index is 0.240. The van der Waals surface area contributed by atoms with Gasteiger partial charge in [-0.05, 0) is 45.2 Å². The Morgan fingerprint density at radius 2 is 1.93 bits per heavy atom. The van der Waals surface area contributed by atoms with Gasteiger partial charge < -0.3 is 19.9 Å². The van der Waals surface area contributed by atoms with Crippen LogP contribution in [-0.4, -0.2) is 28.2 Å². The number of ether oxygens (including phenoxy) is 1. The molecule has 2 N–H and O–H groups in total. The summed E-state index contributed by atoms with van der Waals surface area (Å²) in [6.45, 7) is 14.9. The molecule has 0 fully saturated rings. The first kappa shape index (κ1) is 21.8. The molecular weight excluding hydrogens is 350 g/mol. The monoisotopic (exact) mass is 385 g/mol. The van der Waals surface area contributed by atoms with Gasteiger partial charge in [0.25, 0.3) is 0 Å². The van der Waals surface area contributed by atoms with Crippen molar-refractivity contribution >= 4 is 5.96 Å². The van der Waals surface area contributed by atoms with Crippen molar-refractivity contribution in [2.24, 2.45) is 10.9 Å². The van der Waals surface area contributed by atoms with E-state index in [1.807, 2.05) is 12.4 Å². The van der Waals surface area contributed by atoms with Crippen molar-refractivity contribution in [1.82, 2.24) is 20.2 Å². The Labute approximate surface area is 169 Å².